The van der Waals surface area contributed by atoms with Crippen molar-refractivity contribution in [3.8, 4) is 17.2 Å². The van der Waals surface area contributed by atoms with E-state index in [0.717, 1.165) is 11.3 Å². The SMILES string of the molecule is COc1cccc(COC(=O)c2ccc3c(c2)OCO3)c1. The maximum Gasteiger partial charge on any atom is 0.338 e. The molecule has 0 saturated heterocycles. The van der Waals surface area contributed by atoms with Crippen molar-refractivity contribution in [2.24, 2.45) is 0 Å². The highest BCUT2D eigenvalue weighted by atomic mass is 16.7. The number of methoxy groups -OCH3 is 1. The molecular formula is C16H14O5. The molecule has 0 aliphatic carbocycles. The Labute approximate surface area is 122 Å². The topological polar surface area (TPSA) is 54.0 Å². The lowest BCUT2D eigenvalue weighted by molar-refractivity contribution is 0.0472. The Morgan fingerprint density at radius 1 is 1.14 bits per heavy atom. The van der Waals surface area contributed by atoms with E-state index >= 15 is 0 Å². The van der Waals surface area contributed by atoms with E-state index in [1.165, 1.54) is 0 Å². The summed E-state index contributed by atoms with van der Waals surface area (Å²) in [4.78, 5) is 12.0. The largest absolute Gasteiger partial charge is 0.497 e. The van der Waals surface area contributed by atoms with E-state index in [1.807, 2.05) is 24.3 Å². The molecule has 21 heavy (non-hydrogen) atoms. The second-order valence-electron chi connectivity index (χ2n) is 4.50. The molecule has 0 saturated carbocycles. The summed E-state index contributed by atoms with van der Waals surface area (Å²) in [6, 6.07) is 12.4. The summed E-state index contributed by atoms with van der Waals surface area (Å²) in [5, 5.41) is 0. The number of carbonyl (C=O) groups is 1. The second kappa shape index (κ2) is 5.75. The van der Waals surface area contributed by atoms with E-state index in [0.29, 0.717) is 17.1 Å². The van der Waals surface area contributed by atoms with Crippen LogP contribution in [0.2, 0.25) is 0 Å². The van der Waals surface area contributed by atoms with E-state index < -0.39 is 5.97 Å². The molecule has 0 radical (unpaired) electrons. The van der Waals surface area contributed by atoms with Gasteiger partial charge in [-0.15, -0.1) is 0 Å². The van der Waals surface area contributed by atoms with Crippen molar-refractivity contribution in [2.75, 3.05) is 13.9 Å². The fraction of sp³-hybridized carbons (Fsp3) is 0.188. The average Bonchev–Trinajstić information content (AvgIpc) is 3.00. The zero-order valence-corrected chi connectivity index (χ0v) is 11.5. The lowest BCUT2D eigenvalue weighted by Gasteiger charge is -2.07. The molecule has 0 aromatic heterocycles. The van der Waals surface area contributed by atoms with E-state index in [1.54, 1.807) is 25.3 Å². The summed E-state index contributed by atoms with van der Waals surface area (Å²) in [6.07, 6.45) is 0. The third kappa shape index (κ3) is 2.91. The molecule has 1 heterocycles. The van der Waals surface area contributed by atoms with Crippen LogP contribution in [0, 0.1) is 0 Å². The first-order valence-electron chi connectivity index (χ1n) is 6.46. The molecule has 2 aromatic rings. The molecule has 2 aromatic carbocycles. The van der Waals surface area contributed by atoms with Crippen molar-refractivity contribution in [1.82, 2.24) is 0 Å². The fourth-order valence-corrected chi connectivity index (χ4v) is 2.02. The first kappa shape index (κ1) is 13.3. The molecule has 0 spiro atoms. The van der Waals surface area contributed by atoms with Gasteiger partial charge in [-0.1, -0.05) is 12.1 Å². The van der Waals surface area contributed by atoms with Gasteiger partial charge in [-0.3, -0.25) is 0 Å². The minimum Gasteiger partial charge on any atom is -0.497 e. The number of ether oxygens (including phenoxy) is 4. The van der Waals surface area contributed by atoms with Gasteiger partial charge in [0.05, 0.1) is 12.7 Å². The van der Waals surface area contributed by atoms with Crippen molar-refractivity contribution in [2.45, 2.75) is 6.61 Å². The normalized spacial score (nSPS) is 12.0. The number of hydrogen-bond acceptors (Lipinski definition) is 5. The number of rotatable bonds is 4. The van der Waals surface area contributed by atoms with Gasteiger partial charge in [0.25, 0.3) is 0 Å². The van der Waals surface area contributed by atoms with E-state index in [4.69, 9.17) is 18.9 Å². The average molecular weight is 286 g/mol. The van der Waals surface area contributed by atoms with Crippen LogP contribution in [0.4, 0.5) is 0 Å². The van der Waals surface area contributed by atoms with Gasteiger partial charge in [0.15, 0.2) is 11.5 Å². The Morgan fingerprint density at radius 3 is 2.86 bits per heavy atom. The number of hydrogen-bond donors (Lipinski definition) is 0. The zero-order valence-electron chi connectivity index (χ0n) is 11.5. The van der Waals surface area contributed by atoms with Gasteiger partial charge in [0.1, 0.15) is 12.4 Å². The lowest BCUT2D eigenvalue weighted by atomic mass is 10.2. The van der Waals surface area contributed by atoms with Crippen LogP contribution in [-0.4, -0.2) is 19.9 Å². The summed E-state index contributed by atoms with van der Waals surface area (Å²) in [7, 11) is 1.59. The molecule has 5 heteroatoms. The number of fused-ring (bicyclic) bond motifs is 1. The maximum atomic E-state index is 12.0. The van der Waals surface area contributed by atoms with Crippen molar-refractivity contribution in [1.29, 1.82) is 0 Å². The summed E-state index contributed by atoms with van der Waals surface area (Å²) in [5.74, 6) is 1.52. The highest BCUT2D eigenvalue weighted by Gasteiger charge is 2.17. The van der Waals surface area contributed by atoms with E-state index in [2.05, 4.69) is 0 Å². The van der Waals surface area contributed by atoms with Gasteiger partial charge in [-0.2, -0.15) is 0 Å². The molecule has 0 atom stereocenters. The van der Waals surface area contributed by atoms with Crippen LogP contribution in [-0.2, 0) is 11.3 Å². The van der Waals surface area contributed by atoms with E-state index in [9.17, 15) is 4.79 Å². The van der Waals surface area contributed by atoms with Crippen molar-refractivity contribution < 1.29 is 23.7 Å². The van der Waals surface area contributed by atoms with E-state index in [-0.39, 0.29) is 13.4 Å². The maximum absolute atomic E-state index is 12.0. The molecule has 0 N–H and O–H groups in total. The van der Waals surface area contributed by atoms with Crippen LogP contribution in [0.5, 0.6) is 17.2 Å². The highest BCUT2D eigenvalue weighted by Crippen LogP contribution is 2.32. The Bertz CT molecular complexity index is 665. The van der Waals surface area contributed by atoms with Crippen molar-refractivity contribution in [3.05, 3.63) is 53.6 Å². The number of carbonyl (C=O) groups excluding carboxylic acids is 1. The molecule has 0 unspecified atom stereocenters. The molecule has 0 amide bonds. The summed E-state index contributed by atoms with van der Waals surface area (Å²) in [6.45, 7) is 0.363. The molecule has 1 aliphatic rings. The van der Waals surface area contributed by atoms with Crippen molar-refractivity contribution in [3.63, 3.8) is 0 Å². The molecule has 0 bridgehead atoms. The van der Waals surface area contributed by atoms with Crippen LogP contribution in [0.3, 0.4) is 0 Å². The molecule has 3 rings (SSSR count). The van der Waals surface area contributed by atoms with Crippen molar-refractivity contribution >= 4 is 5.97 Å². The Hall–Kier alpha value is -2.69. The first-order valence-corrected chi connectivity index (χ1v) is 6.46. The van der Waals surface area contributed by atoms with Crippen LogP contribution < -0.4 is 14.2 Å². The van der Waals surface area contributed by atoms with Gasteiger partial charge in [-0.25, -0.2) is 4.79 Å². The molecule has 5 nitrogen and oxygen atoms in total. The monoisotopic (exact) mass is 286 g/mol. The van der Waals surface area contributed by atoms with Crippen LogP contribution in [0.25, 0.3) is 0 Å². The van der Waals surface area contributed by atoms with Gasteiger partial charge < -0.3 is 18.9 Å². The predicted molar refractivity (Wildman–Crippen MR) is 74.7 cm³/mol. The molecule has 0 fully saturated rings. The number of benzene rings is 2. The van der Waals surface area contributed by atoms with Crippen LogP contribution in [0.15, 0.2) is 42.5 Å². The minimum atomic E-state index is -0.406. The molecular weight excluding hydrogens is 272 g/mol. The standard InChI is InChI=1S/C16H14O5/c1-18-13-4-2-3-11(7-13)9-19-16(17)12-5-6-14-15(8-12)21-10-20-14/h2-8H,9-10H2,1H3. The predicted octanol–water partition coefficient (Wildman–Crippen LogP) is 2.78. The smallest absolute Gasteiger partial charge is 0.338 e. The second-order valence-corrected chi connectivity index (χ2v) is 4.50. The zero-order chi connectivity index (χ0) is 14.7. The lowest BCUT2D eigenvalue weighted by Crippen LogP contribution is -2.05. The molecule has 1 aliphatic heterocycles. The molecule has 108 valence electrons. The van der Waals surface area contributed by atoms with Crippen LogP contribution in [0.1, 0.15) is 15.9 Å². The third-order valence-electron chi connectivity index (χ3n) is 3.11. The first-order chi connectivity index (χ1) is 10.3. The number of esters is 1. The highest BCUT2D eigenvalue weighted by molar-refractivity contribution is 5.90. The Morgan fingerprint density at radius 2 is 2.00 bits per heavy atom. The quantitative estimate of drug-likeness (QED) is 0.809. The summed E-state index contributed by atoms with van der Waals surface area (Å²) >= 11 is 0. The van der Waals surface area contributed by atoms with Gasteiger partial charge in [0.2, 0.25) is 6.79 Å². The summed E-state index contributed by atoms with van der Waals surface area (Å²) in [5.41, 5.74) is 1.30. The van der Waals surface area contributed by atoms with Gasteiger partial charge >= 0.3 is 5.97 Å². The fourth-order valence-electron chi connectivity index (χ4n) is 2.02. The Balaban J connectivity index is 1.66. The minimum absolute atomic E-state index is 0.178. The van der Waals surface area contributed by atoms with Crippen LogP contribution >= 0.6 is 0 Å². The Kier molecular flexibility index (Phi) is 3.64. The summed E-state index contributed by atoms with van der Waals surface area (Å²) < 4.78 is 20.8. The van der Waals surface area contributed by atoms with Gasteiger partial charge in [0, 0.05) is 0 Å². The van der Waals surface area contributed by atoms with Gasteiger partial charge in [-0.05, 0) is 35.9 Å². The third-order valence-corrected chi connectivity index (χ3v) is 3.11.